The largest absolute Gasteiger partial charge is 0.480 e. The molecule has 0 saturated heterocycles. The lowest BCUT2D eigenvalue weighted by atomic mass is 10.2. The van der Waals surface area contributed by atoms with Crippen LogP contribution in [0.25, 0.3) is 0 Å². The van der Waals surface area contributed by atoms with Crippen LogP contribution in [0.1, 0.15) is 19.3 Å². The number of carbonyl (C=O) groups excluding carboxylic acids is 1. The first-order valence-electron chi connectivity index (χ1n) is 4.67. The highest BCUT2D eigenvalue weighted by Crippen LogP contribution is 2.28. The summed E-state index contributed by atoms with van der Waals surface area (Å²) in [5.41, 5.74) is 0. The average molecular weight is 217 g/mol. The third-order valence-corrected chi connectivity index (χ3v) is 2.82. The number of carbonyl (C=O) groups is 2. The first kappa shape index (κ1) is 11.4. The minimum Gasteiger partial charge on any atom is -0.480 e. The van der Waals surface area contributed by atoms with Crippen molar-refractivity contribution >= 4 is 23.6 Å². The first-order valence-corrected chi connectivity index (χ1v) is 6.06. The van der Waals surface area contributed by atoms with Gasteiger partial charge < -0.3 is 10.4 Å². The van der Waals surface area contributed by atoms with Crippen LogP contribution in [0.15, 0.2) is 0 Å². The molecular formula is C9H15NO3S. The Bertz CT molecular complexity index is 228. The molecule has 1 aliphatic rings. The number of hydrogen-bond acceptors (Lipinski definition) is 3. The summed E-state index contributed by atoms with van der Waals surface area (Å²) in [6, 6.07) is -0.712. The molecule has 0 aromatic carbocycles. The number of amides is 1. The van der Waals surface area contributed by atoms with Crippen molar-refractivity contribution < 1.29 is 14.7 Å². The standard InChI is InChI=1S/C9H15NO3S/c1-14-5-4-7(9(12)13)10-8(11)6-2-3-6/h6-7H,2-5H2,1H3,(H,10,11)(H,12,13)/t7-/m0/s1. The summed E-state index contributed by atoms with van der Waals surface area (Å²) in [6.45, 7) is 0. The van der Waals surface area contributed by atoms with Crippen molar-refractivity contribution in [2.75, 3.05) is 12.0 Å². The predicted octanol–water partition coefficient (Wildman–Crippen LogP) is 0.719. The normalized spacial score (nSPS) is 17.5. The Hall–Kier alpha value is -0.710. The Morgan fingerprint density at radius 1 is 1.57 bits per heavy atom. The predicted molar refractivity (Wildman–Crippen MR) is 55.3 cm³/mol. The quantitative estimate of drug-likeness (QED) is 0.688. The summed E-state index contributed by atoms with van der Waals surface area (Å²) in [7, 11) is 0. The van der Waals surface area contributed by atoms with Gasteiger partial charge in [0.25, 0.3) is 0 Å². The zero-order valence-electron chi connectivity index (χ0n) is 8.16. The molecule has 2 N–H and O–H groups in total. The topological polar surface area (TPSA) is 66.4 Å². The van der Waals surface area contributed by atoms with E-state index in [0.29, 0.717) is 6.42 Å². The Balaban J connectivity index is 2.33. The van der Waals surface area contributed by atoms with E-state index in [9.17, 15) is 9.59 Å². The third kappa shape index (κ3) is 3.57. The highest BCUT2D eigenvalue weighted by molar-refractivity contribution is 7.98. The highest BCUT2D eigenvalue weighted by Gasteiger charge is 2.32. The van der Waals surface area contributed by atoms with Gasteiger partial charge in [0, 0.05) is 5.92 Å². The lowest BCUT2D eigenvalue weighted by molar-refractivity contribution is -0.142. The molecule has 0 aromatic rings. The van der Waals surface area contributed by atoms with E-state index < -0.39 is 12.0 Å². The van der Waals surface area contributed by atoms with Gasteiger partial charge in [-0.05, 0) is 31.3 Å². The molecule has 1 saturated carbocycles. The second-order valence-electron chi connectivity index (χ2n) is 3.46. The summed E-state index contributed by atoms with van der Waals surface area (Å²) in [5.74, 6) is -0.209. The number of carboxylic acids is 1. The van der Waals surface area contributed by atoms with Gasteiger partial charge in [0.1, 0.15) is 6.04 Å². The molecule has 5 heteroatoms. The number of aliphatic carboxylic acids is 1. The van der Waals surface area contributed by atoms with Crippen LogP contribution in [0.5, 0.6) is 0 Å². The Labute approximate surface area is 87.4 Å². The van der Waals surface area contributed by atoms with E-state index in [2.05, 4.69) is 5.32 Å². The molecule has 1 aliphatic carbocycles. The van der Waals surface area contributed by atoms with Crippen LogP contribution in [-0.4, -0.2) is 35.0 Å². The van der Waals surface area contributed by atoms with Gasteiger partial charge >= 0.3 is 5.97 Å². The maximum Gasteiger partial charge on any atom is 0.326 e. The molecule has 14 heavy (non-hydrogen) atoms. The van der Waals surface area contributed by atoms with Crippen LogP contribution in [0.4, 0.5) is 0 Å². The van der Waals surface area contributed by atoms with E-state index in [4.69, 9.17) is 5.11 Å². The zero-order chi connectivity index (χ0) is 10.6. The molecule has 0 heterocycles. The number of nitrogens with one attached hydrogen (secondary N) is 1. The summed E-state index contributed by atoms with van der Waals surface area (Å²) in [6.07, 6.45) is 4.22. The molecule has 0 bridgehead atoms. The minimum atomic E-state index is -0.937. The first-order chi connectivity index (χ1) is 6.65. The zero-order valence-corrected chi connectivity index (χ0v) is 8.97. The molecule has 0 spiro atoms. The van der Waals surface area contributed by atoms with Gasteiger partial charge in [-0.1, -0.05) is 0 Å². The molecule has 0 aliphatic heterocycles. The molecule has 0 radical (unpaired) electrons. The van der Waals surface area contributed by atoms with Crippen LogP contribution in [-0.2, 0) is 9.59 Å². The summed E-state index contributed by atoms with van der Waals surface area (Å²) in [5, 5.41) is 11.4. The lowest BCUT2D eigenvalue weighted by Crippen LogP contribution is -2.41. The Morgan fingerprint density at radius 3 is 2.64 bits per heavy atom. The van der Waals surface area contributed by atoms with Gasteiger partial charge in [-0.2, -0.15) is 11.8 Å². The monoisotopic (exact) mass is 217 g/mol. The van der Waals surface area contributed by atoms with Crippen LogP contribution < -0.4 is 5.32 Å². The second-order valence-corrected chi connectivity index (χ2v) is 4.44. The SMILES string of the molecule is CSCC[C@H](NC(=O)C1CC1)C(=O)O. The van der Waals surface area contributed by atoms with Crippen molar-refractivity contribution in [1.82, 2.24) is 5.32 Å². The van der Waals surface area contributed by atoms with Gasteiger partial charge in [0.2, 0.25) is 5.91 Å². The highest BCUT2D eigenvalue weighted by atomic mass is 32.2. The van der Waals surface area contributed by atoms with Gasteiger partial charge in [-0.3, -0.25) is 4.79 Å². The molecule has 0 aromatic heterocycles. The van der Waals surface area contributed by atoms with E-state index in [-0.39, 0.29) is 11.8 Å². The second kappa shape index (κ2) is 5.24. The van der Waals surface area contributed by atoms with Crippen molar-refractivity contribution in [2.24, 2.45) is 5.92 Å². The third-order valence-electron chi connectivity index (χ3n) is 2.17. The summed E-state index contributed by atoms with van der Waals surface area (Å²) in [4.78, 5) is 22.1. The van der Waals surface area contributed by atoms with E-state index in [1.807, 2.05) is 6.26 Å². The maximum absolute atomic E-state index is 11.3. The molecule has 4 nitrogen and oxygen atoms in total. The van der Waals surface area contributed by atoms with Crippen molar-refractivity contribution in [2.45, 2.75) is 25.3 Å². The molecular weight excluding hydrogens is 202 g/mol. The average Bonchev–Trinajstić information content (AvgIpc) is 2.94. The lowest BCUT2D eigenvalue weighted by Gasteiger charge is -2.13. The van der Waals surface area contributed by atoms with Gasteiger partial charge in [0.15, 0.2) is 0 Å². The molecule has 1 amide bonds. The van der Waals surface area contributed by atoms with Crippen LogP contribution >= 0.6 is 11.8 Å². The Morgan fingerprint density at radius 2 is 2.21 bits per heavy atom. The van der Waals surface area contributed by atoms with Crippen LogP contribution in [0.3, 0.4) is 0 Å². The molecule has 1 fully saturated rings. The van der Waals surface area contributed by atoms with E-state index >= 15 is 0 Å². The number of hydrogen-bond donors (Lipinski definition) is 2. The smallest absolute Gasteiger partial charge is 0.326 e. The molecule has 1 rings (SSSR count). The van der Waals surface area contributed by atoms with E-state index in [1.54, 1.807) is 11.8 Å². The number of thioether (sulfide) groups is 1. The fourth-order valence-corrected chi connectivity index (χ4v) is 1.60. The van der Waals surface area contributed by atoms with Crippen LogP contribution in [0.2, 0.25) is 0 Å². The van der Waals surface area contributed by atoms with E-state index in [1.165, 1.54) is 0 Å². The Kier molecular flexibility index (Phi) is 4.25. The summed E-state index contributed by atoms with van der Waals surface area (Å²) >= 11 is 1.58. The van der Waals surface area contributed by atoms with Crippen molar-refractivity contribution in [3.63, 3.8) is 0 Å². The van der Waals surface area contributed by atoms with Crippen molar-refractivity contribution in [3.8, 4) is 0 Å². The fourth-order valence-electron chi connectivity index (χ4n) is 1.13. The van der Waals surface area contributed by atoms with Gasteiger partial charge in [-0.25, -0.2) is 4.79 Å². The van der Waals surface area contributed by atoms with Crippen molar-refractivity contribution in [1.29, 1.82) is 0 Å². The maximum atomic E-state index is 11.3. The number of rotatable bonds is 6. The fraction of sp³-hybridized carbons (Fsp3) is 0.778. The van der Waals surface area contributed by atoms with Gasteiger partial charge in [-0.15, -0.1) is 0 Å². The molecule has 0 unspecified atom stereocenters. The van der Waals surface area contributed by atoms with Crippen LogP contribution in [0, 0.1) is 5.92 Å². The van der Waals surface area contributed by atoms with E-state index in [0.717, 1.165) is 18.6 Å². The van der Waals surface area contributed by atoms with Crippen molar-refractivity contribution in [3.05, 3.63) is 0 Å². The molecule has 1 atom stereocenters. The van der Waals surface area contributed by atoms with Gasteiger partial charge in [0.05, 0.1) is 0 Å². The summed E-state index contributed by atoms with van der Waals surface area (Å²) < 4.78 is 0. The number of carboxylic acid groups (broad SMARTS) is 1. The minimum absolute atomic E-state index is 0.0751. The molecule has 80 valence electrons.